The molecule has 0 aromatic heterocycles. The van der Waals surface area contributed by atoms with E-state index >= 15 is 0 Å². The summed E-state index contributed by atoms with van der Waals surface area (Å²) in [6.45, 7) is 9.65. The quantitative estimate of drug-likeness (QED) is 0.815. The van der Waals surface area contributed by atoms with E-state index in [0.29, 0.717) is 11.8 Å². The van der Waals surface area contributed by atoms with Crippen molar-refractivity contribution in [2.45, 2.75) is 53.0 Å². The molecule has 5 heteroatoms. The molecule has 0 aliphatic carbocycles. The summed E-state index contributed by atoms with van der Waals surface area (Å²) in [5.41, 5.74) is 0. The number of likely N-dealkylation sites (tertiary alicyclic amines) is 1. The Morgan fingerprint density at radius 2 is 1.80 bits per heavy atom. The lowest BCUT2D eigenvalue weighted by atomic mass is 9.87. The van der Waals surface area contributed by atoms with Gasteiger partial charge in [0.05, 0.1) is 0 Å². The van der Waals surface area contributed by atoms with E-state index in [-0.39, 0.29) is 11.9 Å². The Bertz CT molecular complexity index is 336. The van der Waals surface area contributed by atoms with Gasteiger partial charge in [0.15, 0.2) is 0 Å². The van der Waals surface area contributed by atoms with Crippen LogP contribution in [-0.4, -0.2) is 41.1 Å². The van der Waals surface area contributed by atoms with E-state index < -0.39 is 12.0 Å². The first-order valence-electron chi connectivity index (χ1n) is 7.65. The standard InChI is InChI=1S/C15H28N2O3/c1-5-11(4)13(14(18)19)16-15(20)17-8-6-12(7-9-17)10(2)3/h10-13H,5-9H2,1-4H3,(H,16,20)(H,18,19). The van der Waals surface area contributed by atoms with Crippen LogP contribution in [0.1, 0.15) is 47.0 Å². The highest BCUT2D eigenvalue weighted by molar-refractivity contribution is 5.82. The van der Waals surface area contributed by atoms with E-state index in [2.05, 4.69) is 19.2 Å². The lowest BCUT2D eigenvalue weighted by Crippen LogP contribution is -2.52. The second-order valence-corrected chi connectivity index (χ2v) is 6.22. The molecule has 0 radical (unpaired) electrons. The van der Waals surface area contributed by atoms with Gasteiger partial charge in [0, 0.05) is 13.1 Å². The molecule has 2 amide bonds. The van der Waals surface area contributed by atoms with Gasteiger partial charge >= 0.3 is 12.0 Å². The third kappa shape index (κ3) is 4.39. The van der Waals surface area contributed by atoms with E-state index in [1.165, 1.54) is 0 Å². The fraction of sp³-hybridized carbons (Fsp3) is 0.867. The van der Waals surface area contributed by atoms with Gasteiger partial charge in [0.2, 0.25) is 0 Å². The number of piperidine rings is 1. The predicted octanol–water partition coefficient (Wildman–Crippen LogP) is 2.56. The lowest BCUT2D eigenvalue weighted by molar-refractivity contribution is -0.140. The zero-order valence-corrected chi connectivity index (χ0v) is 13.1. The minimum Gasteiger partial charge on any atom is -0.480 e. The first kappa shape index (κ1) is 16.8. The van der Waals surface area contributed by atoms with Crippen LogP contribution in [0, 0.1) is 17.8 Å². The second kappa shape index (κ2) is 7.50. The Kier molecular flexibility index (Phi) is 6.30. The molecule has 2 atom stereocenters. The Balaban J connectivity index is 2.52. The van der Waals surface area contributed by atoms with Crippen molar-refractivity contribution in [1.82, 2.24) is 10.2 Å². The van der Waals surface area contributed by atoms with E-state index in [1.807, 2.05) is 13.8 Å². The van der Waals surface area contributed by atoms with E-state index in [9.17, 15) is 14.7 Å². The van der Waals surface area contributed by atoms with Gasteiger partial charge in [-0.2, -0.15) is 0 Å². The predicted molar refractivity (Wildman–Crippen MR) is 78.5 cm³/mol. The molecule has 5 nitrogen and oxygen atoms in total. The molecule has 0 spiro atoms. The van der Waals surface area contributed by atoms with Crippen molar-refractivity contribution in [2.75, 3.05) is 13.1 Å². The number of rotatable bonds is 5. The van der Waals surface area contributed by atoms with Gasteiger partial charge in [-0.05, 0) is 30.6 Å². The summed E-state index contributed by atoms with van der Waals surface area (Å²) in [5, 5.41) is 11.9. The summed E-state index contributed by atoms with van der Waals surface area (Å²) >= 11 is 0. The fourth-order valence-electron chi connectivity index (χ4n) is 2.68. The highest BCUT2D eigenvalue weighted by atomic mass is 16.4. The number of amides is 2. The number of aliphatic carboxylic acids is 1. The maximum absolute atomic E-state index is 12.2. The molecule has 0 bridgehead atoms. The number of carboxylic acids is 1. The summed E-state index contributed by atoms with van der Waals surface area (Å²) in [7, 11) is 0. The third-order valence-electron chi connectivity index (χ3n) is 4.53. The van der Waals surface area contributed by atoms with Crippen molar-refractivity contribution in [3.63, 3.8) is 0 Å². The highest BCUT2D eigenvalue weighted by Crippen LogP contribution is 2.24. The molecule has 1 heterocycles. The molecule has 20 heavy (non-hydrogen) atoms. The Labute approximate surface area is 121 Å². The SMILES string of the molecule is CCC(C)C(NC(=O)N1CCC(C(C)C)CC1)C(=O)O. The zero-order chi connectivity index (χ0) is 15.3. The summed E-state index contributed by atoms with van der Waals surface area (Å²) in [6.07, 6.45) is 2.74. The van der Waals surface area contributed by atoms with Crippen LogP contribution in [-0.2, 0) is 4.79 Å². The molecule has 1 rings (SSSR count). The average molecular weight is 284 g/mol. The molecule has 0 aromatic rings. The number of nitrogens with zero attached hydrogens (tertiary/aromatic N) is 1. The van der Waals surface area contributed by atoms with E-state index in [1.54, 1.807) is 4.90 Å². The molecule has 1 aliphatic heterocycles. The molecule has 0 saturated carbocycles. The molecule has 0 aromatic carbocycles. The highest BCUT2D eigenvalue weighted by Gasteiger charge is 2.29. The van der Waals surface area contributed by atoms with Gasteiger partial charge in [0.1, 0.15) is 6.04 Å². The maximum atomic E-state index is 12.2. The molecule has 2 N–H and O–H groups in total. The lowest BCUT2D eigenvalue weighted by Gasteiger charge is -2.35. The van der Waals surface area contributed by atoms with Gasteiger partial charge < -0.3 is 15.3 Å². The molecule has 1 aliphatic rings. The molecule has 2 unspecified atom stereocenters. The van der Waals surface area contributed by atoms with E-state index in [0.717, 1.165) is 32.4 Å². The molecule has 116 valence electrons. The summed E-state index contributed by atoms with van der Waals surface area (Å²) in [6, 6.07) is -1.03. The number of carbonyl (C=O) groups is 2. The number of carboxylic acid groups (broad SMARTS) is 1. The monoisotopic (exact) mass is 284 g/mol. The van der Waals surface area contributed by atoms with Crippen LogP contribution < -0.4 is 5.32 Å². The first-order valence-corrected chi connectivity index (χ1v) is 7.65. The smallest absolute Gasteiger partial charge is 0.326 e. The van der Waals surface area contributed by atoms with Gasteiger partial charge in [-0.15, -0.1) is 0 Å². The minimum absolute atomic E-state index is 0.0651. The zero-order valence-electron chi connectivity index (χ0n) is 13.1. The van der Waals surface area contributed by atoms with Crippen molar-refractivity contribution in [3.8, 4) is 0 Å². The van der Waals surface area contributed by atoms with Crippen molar-refractivity contribution in [1.29, 1.82) is 0 Å². The van der Waals surface area contributed by atoms with Crippen LogP contribution in [0.15, 0.2) is 0 Å². The van der Waals surface area contributed by atoms with Gasteiger partial charge in [-0.1, -0.05) is 34.1 Å². The minimum atomic E-state index is -0.954. The number of hydrogen-bond donors (Lipinski definition) is 2. The number of hydrogen-bond acceptors (Lipinski definition) is 2. The van der Waals surface area contributed by atoms with Crippen LogP contribution in [0.3, 0.4) is 0 Å². The van der Waals surface area contributed by atoms with Gasteiger partial charge in [-0.25, -0.2) is 9.59 Å². The molecular weight excluding hydrogens is 256 g/mol. The third-order valence-corrected chi connectivity index (χ3v) is 4.53. The summed E-state index contributed by atoms with van der Waals surface area (Å²) in [5.74, 6) is 0.297. The Morgan fingerprint density at radius 1 is 1.25 bits per heavy atom. The summed E-state index contributed by atoms with van der Waals surface area (Å²) in [4.78, 5) is 25.1. The van der Waals surface area contributed by atoms with Gasteiger partial charge in [0.25, 0.3) is 0 Å². The number of urea groups is 1. The second-order valence-electron chi connectivity index (χ2n) is 6.22. The van der Waals surface area contributed by atoms with Crippen molar-refractivity contribution in [3.05, 3.63) is 0 Å². The molecular formula is C15H28N2O3. The van der Waals surface area contributed by atoms with Crippen LogP contribution in [0.2, 0.25) is 0 Å². The Hall–Kier alpha value is -1.26. The average Bonchev–Trinajstić information content (AvgIpc) is 2.43. The first-order chi connectivity index (χ1) is 9.36. The van der Waals surface area contributed by atoms with Crippen molar-refractivity contribution >= 4 is 12.0 Å². The van der Waals surface area contributed by atoms with Crippen LogP contribution in [0.4, 0.5) is 4.79 Å². The van der Waals surface area contributed by atoms with Gasteiger partial charge in [-0.3, -0.25) is 0 Å². The van der Waals surface area contributed by atoms with E-state index in [4.69, 9.17) is 0 Å². The maximum Gasteiger partial charge on any atom is 0.326 e. The number of nitrogens with one attached hydrogen (secondary N) is 1. The van der Waals surface area contributed by atoms with Crippen LogP contribution in [0.5, 0.6) is 0 Å². The molecule has 1 fully saturated rings. The summed E-state index contributed by atoms with van der Waals surface area (Å²) < 4.78 is 0. The topological polar surface area (TPSA) is 69.6 Å². The van der Waals surface area contributed by atoms with Crippen LogP contribution in [0.25, 0.3) is 0 Å². The largest absolute Gasteiger partial charge is 0.480 e. The number of carbonyl (C=O) groups excluding carboxylic acids is 1. The van der Waals surface area contributed by atoms with Crippen molar-refractivity contribution < 1.29 is 14.7 Å². The normalized spacial score (nSPS) is 19.8. The molecule has 1 saturated heterocycles. The Morgan fingerprint density at radius 3 is 2.20 bits per heavy atom. The fourth-order valence-corrected chi connectivity index (χ4v) is 2.68. The van der Waals surface area contributed by atoms with Crippen LogP contribution >= 0.6 is 0 Å². The van der Waals surface area contributed by atoms with Crippen molar-refractivity contribution in [2.24, 2.45) is 17.8 Å².